The van der Waals surface area contributed by atoms with Crippen LogP contribution in [0.2, 0.25) is 0 Å². The summed E-state index contributed by atoms with van der Waals surface area (Å²) in [6.45, 7) is 11.8. The monoisotopic (exact) mass is 464 g/mol. The fraction of sp³-hybridized carbons (Fsp3) is 0.545. The molecule has 2 heterocycles. The minimum absolute atomic E-state index is 0.122. The highest BCUT2D eigenvalue weighted by Crippen LogP contribution is 2.24. The van der Waals surface area contributed by atoms with Crippen molar-refractivity contribution in [3.8, 4) is 0 Å². The number of hydrogen-bond donors (Lipinski definition) is 1. The molecule has 2 unspecified atom stereocenters. The van der Waals surface area contributed by atoms with Crippen molar-refractivity contribution >= 4 is 32.4 Å². The number of sulfonamides is 1. The van der Waals surface area contributed by atoms with Gasteiger partial charge in [0.25, 0.3) is 5.91 Å². The van der Waals surface area contributed by atoms with Crippen LogP contribution in [0.25, 0.3) is 0 Å². The molecule has 0 aliphatic carbocycles. The van der Waals surface area contributed by atoms with Gasteiger partial charge in [0.2, 0.25) is 10.0 Å². The Morgan fingerprint density at radius 1 is 1.23 bits per heavy atom. The highest BCUT2D eigenvalue weighted by atomic mass is 32.2. The van der Waals surface area contributed by atoms with Gasteiger partial charge in [-0.25, -0.2) is 13.4 Å². The van der Waals surface area contributed by atoms with Gasteiger partial charge in [-0.15, -0.1) is 11.3 Å². The summed E-state index contributed by atoms with van der Waals surface area (Å²) in [4.78, 5) is 19.8. The number of nitrogens with one attached hydrogen (secondary N) is 1. The van der Waals surface area contributed by atoms with Crippen molar-refractivity contribution in [1.29, 1.82) is 0 Å². The number of aromatic nitrogens is 1. The summed E-state index contributed by atoms with van der Waals surface area (Å²) < 4.78 is 26.9. The van der Waals surface area contributed by atoms with E-state index < -0.39 is 10.0 Å². The zero-order valence-electron chi connectivity index (χ0n) is 18.7. The summed E-state index contributed by atoms with van der Waals surface area (Å²) in [5.41, 5.74) is 1.24. The van der Waals surface area contributed by atoms with Gasteiger partial charge >= 0.3 is 0 Å². The molecule has 31 heavy (non-hydrogen) atoms. The number of carbonyl (C=O) groups excluding carboxylic acids is 1. The van der Waals surface area contributed by atoms with Crippen LogP contribution < -0.4 is 5.32 Å². The van der Waals surface area contributed by atoms with Crippen LogP contribution in [0.5, 0.6) is 0 Å². The van der Waals surface area contributed by atoms with Crippen molar-refractivity contribution in [2.45, 2.75) is 45.6 Å². The molecule has 1 amide bonds. The molecule has 3 rings (SSSR count). The molecule has 0 spiro atoms. The first-order valence-electron chi connectivity index (χ1n) is 10.8. The number of nitrogens with zero attached hydrogens (tertiary/aromatic N) is 3. The molecule has 9 heteroatoms. The van der Waals surface area contributed by atoms with Crippen molar-refractivity contribution in [3.63, 3.8) is 0 Å². The number of rotatable bonds is 8. The van der Waals surface area contributed by atoms with Crippen molar-refractivity contribution < 1.29 is 13.2 Å². The van der Waals surface area contributed by atoms with E-state index in [2.05, 4.69) is 29.0 Å². The standard InChI is InChI=1S/C22H32N4O3S2/c1-5-26(6-2)31(28,29)20-9-7-8-18(11-20)21(27)24-22-23-19(15-30-22)14-25-12-16(3)10-17(4)13-25/h7-9,11,15-17H,5-6,10,12-14H2,1-4H3,(H,23,24,27). The average Bonchev–Trinajstić information content (AvgIpc) is 3.14. The van der Waals surface area contributed by atoms with Gasteiger partial charge in [0.15, 0.2) is 5.13 Å². The molecule has 0 bridgehead atoms. The predicted octanol–water partition coefficient (Wildman–Crippen LogP) is 3.90. The molecule has 1 aromatic heterocycles. The van der Waals surface area contributed by atoms with Crippen LogP contribution in [0.15, 0.2) is 34.5 Å². The lowest BCUT2D eigenvalue weighted by Gasteiger charge is -2.34. The molecule has 7 nitrogen and oxygen atoms in total. The molecule has 0 radical (unpaired) electrons. The predicted molar refractivity (Wildman–Crippen MR) is 125 cm³/mol. The number of carbonyl (C=O) groups is 1. The summed E-state index contributed by atoms with van der Waals surface area (Å²) in [6.07, 6.45) is 1.26. The van der Waals surface area contributed by atoms with E-state index in [1.165, 1.54) is 34.2 Å². The largest absolute Gasteiger partial charge is 0.298 e. The van der Waals surface area contributed by atoms with E-state index in [1.807, 2.05) is 5.38 Å². The van der Waals surface area contributed by atoms with Gasteiger partial charge in [0.1, 0.15) is 0 Å². The smallest absolute Gasteiger partial charge is 0.257 e. The van der Waals surface area contributed by atoms with E-state index in [0.717, 1.165) is 25.3 Å². The topological polar surface area (TPSA) is 82.6 Å². The molecule has 1 aliphatic heterocycles. The highest BCUT2D eigenvalue weighted by molar-refractivity contribution is 7.89. The van der Waals surface area contributed by atoms with Crippen molar-refractivity contribution in [2.24, 2.45) is 11.8 Å². The Morgan fingerprint density at radius 3 is 2.55 bits per heavy atom. The fourth-order valence-corrected chi connectivity index (χ4v) is 6.47. The van der Waals surface area contributed by atoms with Crippen LogP contribution in [0.4, 0.5) is 5.13 Å². The molecule has 1 N–H and O–H groups in total. The minimum atomic E-state index is -3.62. The second-order valence-corrected chi connectivity index (χ2v) is 11.2. The van der Waals surface area contributed by atoms with Gasteiger partial charge in [-0.3, -0.25) is 15.0 Å². The molecule has 1 fully saturated rings. The van der Waals surface area contributed by atoms with E-state index in [4.69, 9.17) is 0 Å². The van der Waals surface area contributed by atoms with Gasteiger partial charge in [0, 0.05) is 43.7 Å². The van der Waals surface area contributed by atoms with Gasteiger partial charge < -0.3 is 0 Å². The average molecular weight is 465 g/mol. The lowest BCUT2D eigenvalue weighted by atomic mass is 9.92. The first-order valence-corrected chi connectivity index (χ1v) is 13.1. The van der Waals surface area contributed by atoms with Crippen molar-refractivity contribution in [1.82, 2.24) is 14.2 Å². The third-order valence-electron chi connectivity index (χ3n) is 5.54. The minimum Gasteiger partial charge on any atom is -0.298 e. The Morgan fingerprint density at radius 2 is 1.90 bits per heavy atom. The maximum atomic E-state index is 12.7. The zero-order chi connectivity index (χ0) is 22.6. The van der Waals surface area contributed by atoms with E-state index in [-0.39, 0.29) is 10.8 Å². The summed E-state index contributed by atoms with van der Waals surface area (Å²) in [5.74, 6) is 1.00. The van der Waals surface area contributed by atoms with E-state index in [1.54, 1.807) is 26.0 Å². The Kier molecular flexibility index (Phi) is 7.85. The Bertz CT molecular complexity index is 992. The van der Waals surface area contributed by atoms with Crippen molar-refractivity contribution in [3.05, 3.63) is 40.9 Å². The normalized spacial score (nSPS) is 20.2. The van der Waals surface area contributed by atoms with Gasteiger partial charge in [-0.2, -0.15) is 4.31 Å². The Hall–Kier alpha value is -1.81. The number of benzene rings is 1. The fourth-order valence-electron chi connectivity index (χ4n) is 4.27. The number of piperidine rings is 1. The van der Waals surface area contributed by atoms with E-state index >= 15 is 0 Å². The van der Waals surface area contributed by atoms with E-state index in [0.29, 0.717) is 35.6 Å². The molecule has 1 aromatic carbocycles. The highest BCUT2D eigenvalue weighted by Gasteiger charge is 2.24. The molecular weight excluding hydrogens is 432 g/mol. The molecule has 1 saturated heterocycles. The second kappa shape index (κ2) is 10.2. The molecule has 1 aliphatic rings. The molecular formula is C22H32N4O3S2. The van der Waals surface area contributed by atoms with Gasteiger partial charge in [0.05, 0.1) is 10.6 Å². The Balaban J connectivity index is 1.67. The number of thiazole rings is 1. The first-order chi connectivity index (χ1) is 14.7. The Labute approximate surface area is 189 Å². The van der Waals surface area contributed by atoms with Gasteiger partial charge in [-0.1, -0.05) is 33.8 Å². The first kappa shape index (κ1) is 23.8. The molecule has 2 atom stereocenters. The maximum Gasteiger partial charge on any atom is 0.257 e. The lowest BCUT2D eigenvalue weighted by molar-refractivity contribution is 0.102. The quantitative estimate of drug-likeness (QED) is 0.641. The SMILES string of the molecule is CCN(CC)S(=O)(=O)c1cccc(C(=O)Nc2nc(CN3CC(C)CC(C)C3)cs2)c1. The van der Waals surface area contributed by atoms with Gasteiger partial charge in [-0.05, 0) is 36.5 Å². The van der Waals surface area contributed by atoms with Crippen LogP contribution in [0, 0.1) is 11.8 Å². The van der Waals surface area contributed by atoms with Crippen LogP contribution >= 0.6 is 11.3 Å². The third kappa shape index (κ3) is 5.91. The van der Waals surface area contributed by atoms with Crippen LogP contribution in [-0.2, 0) is 16.6 Å². The zero-order valence-corrected chi connectivity index (χ0v) is 20.3. The maximum absolute atomic E-state index is 12.7. The lowest BCUT2D eigenvalue weighted by Crippen LogP contribution is -2.38. The molecule has 2 aromatic rings. The van der Waals surface area contributed by atoms with Crippen LogP contribution in [-0.4, -0.2) is 54.7 Å². The summed E-state index contributed by atoms with van der Waals surface area (Å²) in [5, 5.41) is 5.31. The van der Waals surface area contributed by atoms with Crippen LogP contribution in [0.3, 0.4) is 0 Å². The number of amides is 1. The number of likely N-dealkylation sites (tertiary alicyclic amines) is 1. The summed E-state index contributed by atoms with van der Waals surface area (Å²) in [7, 11) is -3.62. The molecule has 170 valence electrons. The number of anilines is 1. The third-order valence-corrected chi connectivity index (χ3v) is 8.39. The molecule has 0 saturated carbocycles. The van der Waals surface area contributed by atoms with Crippen molar-refractivity contribution in [2.75, 3.05) is 31.5 Å². The number of hydrogen-bond acceptors (Lipinski definition) is 6. The van der Waals surface area contributed by atoms with Crippen LogP contribution in [0.1, 0.15) is 50.2 Å². The van der Waals surface area contributed by atoms with E-state index in [9.17, 15) is 13.2 Å². The summed E-state index contributed by atoms with van der Waals surface area (Å²) >= 11 is 1.39. The summed E-state index contributed by atoms with van der Waals surface area (Å²) in [6, 6.07) is 6.15. The second-order valence-electron chi connectivity index (χ2n) is 8.36.